The van der Waals surface area contributed by atoms with E-state index in [2.05, 4.69) is 10.1 Å². The summed E-state index contributed by atoms with van der Waals surface area (Å²) in [4.78, 5) is 0. The second kappa shape index (κ2) is 8.01. The van der Waals surface area contributed by atoms with Crippen LogP contribution in [0.2, 0.25) is 0 Å². The monoisotopic (exact) mass is 277 g/mol. The van der Waals surface area contributed by atoms with Gasteiger partial charge in [-0.3, -0.25) is 0 Å². The van der Waals surface area contributed by atoms with Gasteiger partial charge in [-0.1, -0.05) is 13.0 Å². The molecule has 1 rings (SSSR count). The van der Waals surface area contributed by atoms with Crippen LogP contribution in [0.4, 0.5) is 13.2 Å². The van der Waals surface area contributed by atoms with E-state index in [9.17, 15) is 13.2 Å². The maximum absolute atomic E-state index is 13.4. The Hall–Kier alpha value is -1.27. The number of ether oxygens (including phenoxy) is 1. The van der Waals surface area contributed by atoms with Gasteiger partial charge in [-0.25, -0.2) is 4.39 Å². The summed E-state index contributed by atoms with van der Waals surface area (Å²) in [6, 6.07) is 4.02. The van der Waals surface area contributed by atoms with Crippen LogP contribution in [-0.2, 0) is 6.54 Å². The Kier molecular flexibility index (Phi) is 6.66. The topological polar surface area (TPSA) is 41.5 Å². The van der Waals surface area contributed by atoms with E-state index in [0.717, 1.165) is 12.5 Å². The van der Waals surface area contributed by atoms with Crippen molar-refractivity contribution in [1.29, 1.82) is 0 Å². The van der Waals surface area contributed by atoms with Crippen molar-refractivity contribution < 1.29 is 23.0 Å². The third-order valence-electron chi connectivity index (χ3n) is 2.78. The van der Waals surface area contributed by atoms with Crippen molar-refractivity contribution in [3.05, 3.63) is 29.6 Å². The molecule has 0 radical (unpaired) electrons. The highest BCUT2D eigenvalue weighted by atomic mass is 19.3. The lowest BCUT2D eigenvalue weighted by Gasteiger charge is -2.16. The highest BCUT2D eigenvalue weighted by Crippen LogP contribution is 2.20. The number of benzene rings is 1. The maximum Gasteiger partial charge on any atom is 0.387 e. The van der Waals surface area contributed by atoms with Gasteiger partial charge < -0.3 is 15.2 Å². The van der Waals surface area contributed by atoms with Crippen LogP contribution in [0.1, 0.15) is 25.3 Å². The number of hydrogen-bond acceptors (Lipinski definition) is 3. The first-order chi connectivity index (χ1) is 9.06. The van der Waals surface area contributed by atoms with Gasteiger partial charge in [0.25, 0.3) is 0 Å². The lowest BCUT2D eigenvalue weighted by Crippen LogP contribution is -2.28. The quantitative estimate of drug-likeness (QED) is 0.767. The molecular formula is C13H18F3NO2. The minimum Gasteiger partial charge on any atom is -0.432 e. The molecule has 0 spiro atoms. The summed E-state index contributed by atoms with van der Waals surface area (Å²) < 4.78 is 41.4. The number of halogens is 3. The molecule has 3 nitrogen and oxygen atoms in total. The van der Waals surface area contributed by atoms with Crippen molar-refractivity contribution in [1.82, 2.24) is 5.32 Å². The third-order valence-corrected chi connectivity index (χ3v) is 2.78. The van der Waals surface area contributed by atoms with E-state index in [0.29, 0.717) is 18.5 Å². The molecule has 0 fully saturated rings. The Morgan fingerprint density at radius 1 is 1.37 bits per heavy atom. The van der Waals surface area contributed by atoms with E-state index < -0.39 is 18.2 Å². The summed E-state index contributed by atoms with van der Waals surface area (Å²) in [5, 5.41) is 12.0. The first kappa shape index (κ1) is 15.8. The molecule has 0 aliphatic heterocycles. The van der Waals surface area contributed by atoms with Crippen LogP contribution in [0.15, 0.2) is 18.2 Å². The zero-order valence-electron chi connectivity index (χ0n) is 10.7. The zero-order valence-corrected chi connectivity index (χ0v) is 10.7. The van der Waals surface area contributed by atoms with E-state index in [1.807, 2.05) is 6.92 Å². The molecule has 0 aromatic heterocycles. The summed E-state index contributed by atoms with van der Waals surface area (Å²) >= 11 is 0. The molecular weight excluding hydrogens is 259 g/mol. The number of hydrogen-bond donors (Lipinski definition) is 2. The highest BCUT2D eigenvalue weighted by Gasteiger charge is 2.11. The average molecular weight is 277 g/mol. The smallest absolute Gasteiger partial charge is 0.387 e. The zero-order chi connectivity index (χ0) is 14.3. The van der Waals surface area contributed by atoms with Gasteiger partial charge in [0.1, 0.15) is 0 Å². The van der Waals surface area contributed by atoms with Crippen LogP contribution >= 0.6 is 0 Å². The summed E-state index contributed by atoms with van der Waals surface area (Å²) in [6.45, 7) is -0.564. The Morgan fingerprint density at radius 2 is 2.11 bits per heavy atom. The normalized spacial score (nSPS) is 12.7. The van der Waals surface area contributed by atoms with Gasteiger partial charge in [0.05, 0.1) is 0 Å². The highest BCUT2D eigenvalue weighted by molar-refractivity contribution is 5.29. The van der Waals surface area contributed by atoms with Crippen molar-refractivity contribution in [2.45, 2.75) is 39.0 Å². The van der Waals surface area contributed by atoms with E-state index >= 15 is 0 Å². The molecule has 19 heavy (non-hydrogen) atoms. The van der Waals surface area contributed by atoms with Crippen LogP contribution in [0.25, 0.3) is 0 Å². The van der Waals surface area contributed by atoms with Crippen LogP contribution in [-0.4, -0.2) is 24.4 Å². The summed E-state index contributed by atoms with van der Waals surface area (Å²) in [5.41, 5.74) is 0.635. The number of aliphatic hydroxyl groups excluding tert-OH is 1. The van der Waals surface area contributed by atoms with Crippen LogP contribution in [0, 0.1) is 5.82 Å². The minimum atomic E-state index is -3.03. The second-order valence-electron chi connectivity index (χ2n) is 4.14. The Balaban J connectivity index is 2.58. The van der Waals surface area contributed by atoms with Gasteiger partial charge in [-0.05, 0) is 30.5 Å². The lowest BCUT2D eigenvalue weighted by molar-refractivity contribution is -0.0522. The molecule has 0 bridgehead atoms. The molecule has 6 heteroatoms. The number of rotatable bonds is 8. The van der Waals surface area contributed by atoms with Crippen molar-refractivity contribution in [2.75, 3.05) is 6.61 Å². The lowest BCUT2D eigenvalue weighted by atomic mass is 10.1. The predicted octanol–water partition coefficient (Wildman–Crippen LogP) is 2.68. The van der Waals surface area contributed by atoms with Gasteiger partial charge in [0, 0.05) is 19.2 Å². The van der Waals surface area contributed by atoms with E-state index in [1.54, 1.807) is 0 Å². The van der Waals surface area contributed by atoms with Crippen LogP contribution in [0.5, 0.6) is 5.75 Å². The first-order valence-corrected chi connectivity index (χ1v) is 6.14. The molecule has 2 N–H and O–H groups in total. The molecule has 0 aliphatic rings. The Bertz CT molecular complexity index is 388. The molecule has 1 atom stereocenters. The maximum atomic E-state index is 13.4. The standard InChI is InChI=1S/C13H18F3NO2/c1-2-10(5-6-18)17-8-9-3-4-12(11(14)7-9)19-13(15)16/h3-4,7,10,13,17-18H,2,5-6,8H2,1H3. The van der Waals surface area contributed by atoms with Gasteiger partial charge >= 0.3 is 6.61 Å². The fourth-order valence-corrected chi connectivity index (χ4v) is 1.71. The summed E-state index contributed by atoms with van der Waals surface area (Å²) in [5.74, 6) is -1.27. The molecule has 0 amide bonds. The molecule has 0 saturated carbocycles. The molecule has 0 heterocycles. The summed E-state index contributed by atoms with van der Waals surface area (Å²) in [6.07, 6.45) is 1.46. The van der Waals surface area contributed by atoms with Gasteiger partial charge in [-0.2, -0.15) is 8.78 Å². The number of nitrogens with one attached hydrogen (secondary N) is 1. The molecule has 0 saturated heterocycles. The van der Waals surface area contributed by atoms with E-state index in [1.165, 1.54) is 12.1 Å². The largest absolute Gasteiger partial charge is 0.432 e. The number of alkyl halides is 2. The van der Waals surface area contributed by atoms with Gasteiger partial charge in [0.2, 0.25) is 0 Å². The van der Waals surface area contributed by atoms with Gasteiger partial charge in [0.15, 0.2) is 11.6 Å². The SMILES string of the molecule is CCC(CCO)NCc1ccc(OC(F)F)c(F)c1. The fraction of sp³-hybridized carbons (Fsp3) is 0.538. The second-order valence-corrected chi connectivity index (χ2v) is 4.14. The molecule has 0 aliphatic carbocycles. The van der Waals surface area contributed by atoms with Gasteiger partial charge in [-0.15, -0.1) is 0 Å². The molecule has 1 aromatic carbocycles. The van der Waals surface area contributed by atoms with E-state index in [-0.39, 0.29) is 12.6 Å². The third kappa shape index (κ3) is 5.48. The number of aliphatic hydroxyl groups is 1. The average Bonchev–Trinajstić information content (AvgIpc) is 2.37. The minimum absolute atomic E-state index is 0.0844. The van der Waals surface area contributed by atoms with E-state index in [4.69, 9.17) is 5.11 Å². The van der Waals surface area contributed by atoms with Crippen molar-refractivity contribution in [3.63, 3.8) is 0 Å². The molecule has 1 unspecified atom stereocenters. The Labute approximate surface area is 110 Å². The Morgan fingerprint density at radius 3 is 2.63 bits per heavy atom. The molecule has 1 aromatic rings. The first-order valence-electron chi connectivity index (χ1n) is 6.14. The fourth-order valence-electron chi connectivity index (χ4n) is 1.71. The van der Waals surface area contributed by atoms with Crippen molar-refractivity contribution in [2.24, 2.45) is 0 Å². The summed E-state index contributed by atoms with van der Waals surface area (Å²) in [7, 11) is 0. The molecule has 108 valence electrons. The van der Waals surface area contributed by atoms with Crippen LogP contribution < -0.4 is 10.1 Å². The van der Waals surface area contributed by atoms with Crippen molar-refractivity contribution in [3.8, 4) is 5.75 Å². The predicted molar refractivity (Wildman–Crippen MR) is 65.7 cm³/mol. The van der Waals surface area contributed by atoms with Crippen molar-refractivity contribution >= 4 is 0 Å². The van der Waals surface area contributed by atoms with Crippen LogP contribution in [0.3, 0.4) is 0 Å².